The highest BCUT2D eigenvalue weighted by atomic mass is 19.1. The lowest BCUT2D eigenvalue weighted by atomic mass is 9.91. The summed E-state index contributed by atoms with van der Waals surface area (Å²) in [6, 6.07) is 8.33. The number of carbonyl (C=O) groups is 1. The number of benzene rings is 2. The molecule has 1 unspecified atom stereocenters. The molecule has 1 saturated heterocycles. The minimum Gasteiger partial charge on any atom is -0.486 e. The average molecular weight is 423 g/mol. The second kappa shape index (κ2) is 7.23. The summed E-state index contributed by atoms with van der Waals surface area (Å²) in [5.41, 5.74) is 3.13. The third kappa shape index (κ3) is 3.31. The van der Waals surface area contributed by atoms with E-state index in [1.54, 1.807) is 6.07 Å². The standard InChI is InChI=1S/C23H22FN3O4/c24-14-1-2-16-20(9-14)31-26-22(16)13-5-7-27(8-6-13)11-15-12-29-19-4-3-18-17(23(19)30-15)10-21(28)25-18/h1-4,9,13,15H,5-8,10-12H2,(H,25,28). The van der Waals surface area contributed by atoms with E-state index in [1.807, 2.05) is 12.1 Å². The van der Waals surface area contributed by atoms with E-state index in [0.717, 1.165) is 54.8 Å². The Labute approximate surface area is 178 Å². The first-order chi connectivity index (χ1) is 15.1. The Morgan fingerprint density at radius 2 is 2.06 bits per heavy atom. The number of likely N-dealkylation sites (tertiary alicyclic amines) is 1. The van der Waals surface area contributed by atoms with Crippen molar-refractivity contribution in [2.45, 2.75) is 31.3 Å². The molecular weight excluding hydrogens is 401 g/mol. The van der Waals surface area contributed by atoms with Crippen molar-refractivity contribution < 1.29 is 23.2 Å². The number of hydrogen-bond donors (Lipinski definition) is 1. The fourth-order valence-corrected chi connectivity index (χ4v) is 4.87. The van der Waals surface area contributed by atoms with Gasteiger partial charge in [-0.15, -0.1) is 0 Å². The van der Waals surface area contributed by atoms with E-state index in [9.17, 15) is 9.18 Å². The van der Waals surface area contributed by atoms with E-state index in [4.69, 9.17) is 14.0 Å². The van der Waals surface area contributed by atoms with Crippen molar-refractivity contribution in [1.82, 2.24) is 10.1 Å². The Kier molecular flexibility index (Phi) is 4.34. The molecule has 31 heavy (non-hydrogen) atoms. The molecule has 1 N–H and O–H groups in total. The third-order valence-electron chi connectivity index (χ3n) is 6.44. The number of halogens is 1. The van der Waals surface area contributed by atoms with Crippen molar-refractivity contribution in [2.24, 2.45) is 0 Å². The number of nitrogens with zero attached hydrogens (tertiary/aromatic N) is 2. The first-order valence-electron chi connectivity index (χ1n) is 10.7. The van der Waals surface area contributed by atoms with Crippen molar-refractivity contribution in [2.75, 3.05) is 31.6 Å². The van der Waals surface area contributed by atoms with E-state index in [-0.39, 0.29) is 17.8 Å². The molecule has 1 amide bonds. The maximum Gasteiger partial charge on any atom is 0.229 e. The van der Waals surface area contributed by atoms with Gasteiger partial charge in [0.1, 0.15) is 18.5 Å². The minimum atomic E-state index is -0.313. The van der Waals surface area contributed by atoms with Gasteiger partial charge in [-0.3, -0.25) is 9.69 Å². The Morgan fingerprint density at radius 3 is 2.94 bits per heavy atom. The van der Waals surface area contributed by atoms with Gasteiger partial charge in [-0.2, -0.15) is 0 Å². The largest absolute Gasteiger partial charge is 0.486 e. The van der Waals surface area contributed by atoms with Crippen LogP contribution in [-0.4, -0.2) is 48.3 Å². The lowest BCUT2D eigenvalue weighted by Gasteiger charge is -2.35. The lowest BCUT2D eigenvalue weighted by molar-refractivity contribution is -0.115. The molecule has 160 valence electrons. The van der Waals surface area contributed by atoms with Gasteiger partial charge in [0.15, 0.2) is 17.1 Å². The van der Waals surface area contributed by atoms with Gasteiger partial charge in [0.05, 0.1) is 12.1 Å². The second-order valence-electron chi connectivity index (χ2n) is 8.48. The quantitative estimate of drug-likeness (QED) is 0.695. The molecule has 8 heteroatoms. The predicted molar refractivity (Wildman–Crippen MR) is 111 cm³/mol. The predicted octanol–water partition coefficient (Wildman–Crippen LogP) is 3.48. The van der Waals surface area contributed by atoms with Crippen LogP contribution in [0.1, 0.15) is 30.0 Å². The van der Waals surface area contributed by atoms with Gasteiger partial charge in [0, 0.05) is 35.2 Å². The number of aromatic nitrogens is 1. The lowest BCUT2D eigenvalue weighted by Crippen LogP contribution is -2.44. The number of piperidine rings is 1. The molecule has 4 heterocycles. The summed E-state index contributed by atoms with van der Waals surface area (Å²) in [6.45, 7) is 3.09. The zero-order valence-electron chi connectivity index (χ0n) is 16.9. The molecule has 3 aliphatic heterocycles. The highest BCUT2D eigenvalue weighted by molar-refractivity contribution is 6.00. The number of anilines is 1. The van der Waals surface area contributed by atoms with Gasteiger partial charge in [-0.05, 0) is 50.2 Å². The summed E-state index contributed by atoms with van der Waals surface area (Å²) >= 11 is 0. The number of hydrogen-bond acceptors (Lipinski definition) is 6. The van der Waals surface area contributed by atoms with Crippen molar-refractivity contribution in [1.29, 1.82) is 0 Å². The third-order valence-corrected chi connectivity index (χ3v) is 6.44. The average Bonchev–Trinajstić information content (AvgIpc) is 3.37. The van der Waals surface area contributed by atoms with E-state index >= 15 is 0 Å². The Morgan fingerprint density at radius 1 is 1.19 bits per heavy atom. The molecule has 2 aromatic carbocycles. The maximum atomic E-state index is 13.4. The van der Waals surface area contributed by atoms with Crippen LogP contribution in [0.15, 0.2) is 34.9 Å². The summed E-state index contributed by atoms with van der Waals surface area (Å²) < 4.78 is 31.0. The zero-order chi connectivity index (χ0) is 20.9. The van der Waals surface area contributed by atoms with E-state index in [2.05, 4.69) is 15.4 Å². The summed E-state index contributed by atoms with van der Waals surface area (Å²) in [5, 5.41) is 7.99. The molecule has 0 saturated carbocycles. The van der Waals surface area contributed by atoms with Crippen LogP contribution in [0.25, 0.3) is 11.0 Å². The van der Waals surface area contributed by atoms with Crippen LogP contribution in [-0.2, 0) is 11.2 Å². The van der Waals surface area contributed by atoms with E-state index in [1.165, 1.54) is 12.1 Å². The minimum absolute atomic E-state index is 0.0145. The van der Waals surface area contributed by atoms with Crippen LogP contribution in [0.4, 0.5) is 10.1 Å². The van der Waals surface area contributed by atoms with Crippen molar-refractivity contribution in [3.63, 3.8) is 0 Å². The van der Waals surface area contributed by atoms with E-state index in [0.29, 0.717) is 36.0 Å². The molecule has 6 rings (SSSR count). The summed E-state index contributed by atoms with van der Waals surface area (Å²) in [5.74, 6) is 1.38. The molecule has 7 nitrogen and oxygen atoms in total. The summed E-state index contributed by atoms with van der Waals surface area (Å²) in [7, 11) is 0. The number of fused-ring (bicyclic) bond motifs is 4. The first-order valence-corrected chi connectivity index (χ1v) is 10.7. The molecule has 3 aromatic rings. The van der Waals surface area contributed by atoms with Gasteiger partial charge >= 0.3 is 0 Å². The van der Waals surface area contributed by atoms with Crippen LogP contribution in [0.2, 0.25) is 0 Å². The first kappa shape index (κ1) is 18.6. The summed E-state index contributed by atoms with van der Waals surface area (Å²) in [4.78, 5) is 14.1. The number of nitrogens with one attached hydrogen (secondary N) is 1. The number of rotatable bonds is 3. The van der Waals surface area contributed by atoms with Crippen LogP contribution in [0.5, 0.6) is 11.5 Å². The number of ether oxygens (including phenoxy) is 2. The summed E-state index contributed by atoms with van der Waals surface area (Å²) in [6.07, 6.45) is 2.16. The molecule has 3 aliphatic rings. The Bertz CT molecular complexity index is 1170. The van der Waals surface area contributed by atoms with Gasteiger partial charge < -0.3 is 19.3 Å². The van der Waals surface area contributed by atoms with Crippen LogP contribution in [0, 0.1) is 5.82 Å². The maximum absolute atomic E-state index is 13.4. The van der Waals surface area contributed by atoms with Gasteiger partial charge in [0.2, 0.25) is 5.91 Å². The van der Waals surface area contributed by atoms with Crippen molar-refractivity contribution in [3.8, 4) is 11.5 Å². The highest BCUT2D eigenvalue weighted by Gasteiger charge is 2.32. The molecule has 0 bridgehead atoms. The number of carbonyl (C=O) groups excluding carboxylic acids is 1. The zero-order valence-corrected chi connectivity index (χ0v) is 16.9. The van der Waals surface area contributed by atoms with Crippen LogP contribution < -0.4 is 14.8 Å². The Hall–Kier alpha value is -3.13. The molecule has 1 atom stereocenters. The van der Waals surface area contributed by atoms with Crippen LogP contribution in [0.3, 0.4) is 0 Å². The number of amides is 1. The molecular formula is C23H22FN3O4. The molecule has 0 spiro atoms. The molecule has 0 radical (unpaired) electrons. The molecule has 1 aromatic heterocycles. The Balaban J connectivity index is 1.11. The fourth-order valence-electron chi connectivity index (χ4n) is 4.87. The van der Waals surface area contributed by atoms with Crippen molar-refractivity contribution in [3.05, 3.63) is 47.4 Å². The molecule has 1 fully saturated rings. The second-order valence-corrected chi connectivity index (χ2v) is 8.48. The van der Waals surface area contributed by atoms with Gasteiger partial charge in [-0.1, -0.05) is 5.16 Å². The van der Waals surface area contributed by atoms with Gasteiger partial charge in [-0.25, -0.2) is 4.39 Å². The smallest absolute Gasteiger partial charge is 0.229 e. The van der Waals surface area contributed by atoms with Crippen molar-refractivity contribution >= 4 is 22.6 Å². The fraction of sp³-hybridized carbons (Fsp3) is 0.391. The normalized spacial score (nSPS) is 21.3. The topological polar surface area (TPSA) is 76.8 Å². The van der Waals surface area contributed by atoms with E-state index < -0.39 is 0 Å². The monoisotopic (exact) mass is 423 g/mol. The van der Waals surface area contributed by atoms with Gasteiger partial charge in [0.25, 0.3) is 0 Å². The SMILES string of the molecule is O=C1Cc2c(ccc3c2OC(CN2CCC(c4noc5cc(F)ccc45)CC2)CO3)N1. The highest BCUT2D eigenvalue weighted by Crippen LogP contribution is 2.42. The molecule has 0 aliphatic carbocycles. The van der Waals surface area contributed by atoms with Crippen LogP contribution >= 0.6 is 0 Å².